The van der Waals surface area contributed by atoms with Gasteiger partial charge in [-0.25, -0.2) is 0 Å². The fourth-order valence-electron chi connectivity index (χ4n) is 3.75. The van der Waals surface area contributed by atoms with Crippen molar-refractivity contribution >= 4 is 11.6 Å². The van der Waals surface area contributed by atoms with Crippen molar-refractivity contribution in [2.75, 3.05) is 12.3 Å². The minimum atomic E-state index is 0.00832. The Hall–Kier alpha value is -1.51. The van der Waals surface area contributed by atoms with E-state index in [-0.39, 0.29) is 11.3 Å². The first-order valence-electron chi connectivity index (χ1n) is 8.70. The maximum atomic E-state index is 12.8. The van der Waals surface area contributed by atoms with E-state index in [4.69, 9.17) is 5.73 Å². The standard InChI is InChI=1S/C17H24N2O.C2H6/c1-17(2)11-19(13-6-4-3-5-7-13)16(20)14-10-12(18)8-9-15(14)17;1-2/h8-10,13H,3-7,11,18H2,1-2H3;1-2H3. The number of hydrogen-bond acceptors (Lipinski definition) is 2. The summed E-state index contributed by atoms with van der Waals surface area (Å²) in [6.07, 6.45) is 6.11. The molecule has 1 aliphatic heterocycles. The summed E-state index contributed by atoms with van der Waals surface area (Å²) in [5, 5.41) is 0. The fraction of sp³-hybridized carbons (Fsp3) is 0.632. The first-order valence-corrected chi connectivity index (χ1v) is 8.70. The van der Waals surface area contributed by atoms with Crippen LogP contribution in [0.25, 0.3) is 0 Å². The first-order chi connectivity index (χ1) is 10.5. The van der Waals surface area contributed by atoms with Crippen molar-refractivity contribution in [3.63, 3.8) is 0 Å². The maximum Gasteiger partial charge on any atom is 0.254 e. The Labute approximate surface area is 134 Å². The van der Waals surface area contributed by atoms with Crippen LogP contribution in [-0.2, 0) is 5.41 Å². The molecule has 122 valence electrons. The summed E-state index contributed by atoms with van der Waals surface area (Å²) in [5.41, 5.74) is 8.53. The van der Waals surface area contributed by atoms with Crippen LogP contribution in [0.15, 0.2) is 18.2 Å². The predicted octanol–water partition coefficient (Wildman–Crippen LogP) is 4.36. The number of carbonyl (C=O) groups is 1. The highest BCUT2D eigenvalue weighted by Crippen LogP contribution is 2.37. The summed E-state index contributed by atoms with van der Waals surface area (Å²) in [5.74, 6) is 0.179. The van der Waals surface area contributed by atoms with Crippen molar-refractivity contribution in [1.29, 1.82) is 0 Å². The highest BCUT2D eigenvalue weighted by Gasteiger charge is 2.39. The SMILES string of the molecule is CC.CC1(C)CN(C2CCCCC2)C(=O)c2cc(N)ccc21. The van der Waals surface area contributed by atoms with Crippen LogP contribution in [0.4, 0.5) is 5.69 Å². The van der Waals surface area contributed by atoms with Crippen molar-refractivity contribution < 1.29 is 4.79 Å². The molecule has 1 fully saturated rings. The van der Waals surface area contributed by atoms with Crippen LogP contribution in [0.2, 0.25) is 0 Å². The van der Waals surface area contributed by atoms with Crippen molar-refractivity contribution in [3.05, 3.63) is 29.3 Å². The van der Waals surface area contributed by atoms with Crippen molar-refractivity contribution in [1.82, 2.24) is 4.90 Å². The summed E-state index contributed by atoms with van der Waals surface area (Å²) in [4.78, 5) is 14.9. The van der Waals surface area contributed by atoms with Gasteiger partial charge in [0.15, 0.2) is 0 Å². The lowest BCUT2D eigenvalue weighted by Gasteiger charge is -2.44. The van der Waals surface area contributed by atoms with E-state index < -0.39 is 0 Å². The van der Waals surface area contributed by atoms with Crippen LogP contribution in [0.5, 0.6) is 0 Å². The van der Waals surface area contributed by atoms with E-state index in [1.54, 1.807) is 0 Å². The van der Waals surface area contributed by atoms with Gasteiger partial charge >= 0.3 is 0 Å². The average molecular weight is 302 g/mol. The molecule has 1 aromatic carbocycles. The summed E-state index contributed by atoms with van der Waals surface area (Å²) >= 11 is 0. The highest BCUT2D eigenvalue weighted by molar-refractivity contribution is 5.98. The third-order valence-corrected chi connectivity index (χ3v) is 4.85. The van der Waals surface area contributed by atoms with Gasteiger partial charge in [-0.3, -0.25) is 4.79 Å². The van der Waals surface area contributed by atoms with Gasteiger partial charge < -0.3 is 10.6 Å². The van der Waals surface area contributed by atoms with Crippen molar-refractivity contribution in [3.8, 4) is 0 Å². The molecule has 2 N–H and O–H groups in total. The molecule has 1 aliphatic carbocycles. The molecule has 3 rings (SSSR count). The fourth-order valence-corrected chi connectivity index (χ4v) is 3.75. The monoisotopic (exact) mass is 302 g/mol. The minimum absolute atomic E-state index is 0.00832. The number of hydrogen-bond donors (Lipinski definition) is 1. The number of rotatable bonds is 1. The van der Waals surface area contributed by atoms with Gasteiger partial charge in [-0.2, -0.15) is 0 Å². The van der Waals surface area contributed by atoms with Gasteiger partial charge in [0, 0.05) is 29.3 Å². The number of carbonyl (C=O) groups excluding carboxylic acids is 1. The summed E-state index contributed by atoms with van der Waals surface area (Å²) < 4.78 is 0. The highest BCUT2D eigenvalue weighted by atomic mass is 16.2. The molecule has 1 saturated carbocycles. The molecule has 0 unspecified atom stereocenters. The molecule has 22 heavy (non-hydrogen) atoms. The van der Waals surface area contributed by atoms with E-state index in [1.807, 2.05) is 32.0 Å². The Morgan fingerprint density at radius 3 is 2.41 bits per heavy atom. The molecule has 3 heteroatoms. The molecule has 3 nitrogen and oxygen atoms in total. The lowest BCUT2D eigenvalue weighted by atomic mass is 9.76. The summed E-state index contributed by atoms with van der Waals surface area (Å²) in [6, 6.07) is 6.21. The molecular weight excluding hydrogens is 272 g/mol. The molecule has 0 saturated heterocycles. The van der Waals surface area contributed by atoms with E-state index in [1.165, 1.54) is 19.3 Å². The number of nitrogen functional groups attached to an aromatic ring is 1. The molecule has 1 aromatic rings. The molecule has 1 amide bonds. The third kappa shape index (κ3) is 3.13. The van der Waals surface area contributed by atoms with Gasteiger partial charge in [-0.1, -0.05) is 53.0 Å². The lowest BCUT2D eigenvalue weighted by Crippen LogP contribution is -2.51. The normalized spacial score (nSPS) is 20.9. The van der Waals surface area contributed by atoms with Crippen LogP contribution in [0.1, 0.15) is 75.7 Å². The Morgan fingerprint density at radius 1 is 1.14 bits per heavy atom. The molecule has 0 radical (unpaired) electrons. The van der Waals surface area contributed by atoms with Gasteiger partial charge in [-0.05, 0) is 30.5 Å². The largest absolute Gasteiger partial charge is 0.399 e. The molecule has 0 bridgehead atoms. The summed E-state index contributed by atoms with van der Waals surface area (Å²) in [7, 11) is 0. The number of amides is 1. The van der Waals surface area contributed by atoms with Crippen LogP contribution in [-0.4, -0.2) is 23.4 Å². The van der Waals surface area contributed by atoms with Crippen LogP contribution in [0, 0.1) is 0 Å². The van der Waals surface area contributed by atoms with Crippen LogP contribution in [0.3, 0.4) is 0 Å². The van der Waals surface area contributed by atoms with Gasteiger partial charge in [0.1, 0.15) is 0 Å². The van der Waals surface area contributed by atoms with Gasteiger partial charge in [-0.15, -0.1) is 0 Å². The number of benzene rings is 1. The molecule has 0 spiro atoms. The Morgan fingerprint density at radius 2 is 1.77 bits per heavy atom. The number of nitrogens with zero attached hydrogens (tertiary/aromatic N) is 1. The van der Waals surface area contributed by atoms with E-state index in [0.717, 1.165) is 30.5 Å². The second-order valence-electron chi connectivity index (χ2n) is 6.91. The van der Waals surface area contributed by atoms with E-state index >= 15 is 0 Å². The number of anilines is 1. The lowest BCUT2D eigenvalue weighted by molar-refractivity contribution is 0.0542. The maximum absolute atomic E-state index is 12.8. The molecular formula is C19H30N2O. The zero-order valence-corrected chi connectivity index (χ0v) is 14.5. The predicted molar refractivity (Wildman–Crippen MR) is 93.1 cm³/mol. The summed E-state index contributed by atoms with van der Waals surface area (Å²) in [6.45, 7) is 9.28. The second-order valence-corrected chi connectivity index (χ2v) is 6.91. The van der Waals surface area contributed by atoms with E-state index in [9.17, 15) is 4.79 Å². The van der Waals surface area contributed by atoms with E-state index in [2.05, 4.69) is 18.7 Å². The van der Waals surface area contributed by atoms with Crippen molar-refractivity contribution in [2.24, 2.45) is 0 Å². The topological polar surface area (TPSA) is 46.3 Å². The first kappa shape index (κ1) is 16.9. The van der Waals surface area contributed by atoms with Crippen molar-refractivity contribution in [2.45, 2.75) is 71.3 Å². The average Bonchev–Trinajstić information content (AvgIpc) is 2.53. The number of nitrogens with two attached hydrogens (primary N) is 1. The van der Waals surface area contributed by atoms with Gasteiger partial charge in [0.25, 0.3) is 5.91 Å². The molecule has 1 heterocycles. The second kappa shape index (κ2) is 6.72. The quantitative estimate of drug-likeness (QED) is 0.783. The zero-order valence-electron chi connectivity index (χ0n) is 14.5. The Bertz CT molecular complexity index is 530. The molecule has 0 atom stereocenters. The number of fused-ring (bicyclic) bond motifs is 1. The van der Waals surface area contributed by atoms with Crippen LogP contribution < -0.4 is 5.73 Å². The smallest absolute Gasteiger partial charge is 0.254 e. The Balaban J connectivity index is 0.000000847. The molecule has 2 aliphatic rings. The third-order valence-electron chi connectivity index (χ3n) is 4.85. The Kier molecular flexibility index (Phi) is 5.15. The van der Waals surface area contributed by atoms with Crippen LogP contribution >= 0.6 is 0 Å². The van der Waals surface area contributed by atoms with Gasteiger partial charge in [0.2, 0.25) is 0 Å². The molecule has 0 aromatic heterocycles. The van der Waals surface area contributed by atoms with Gasteiger partial charge in [0.05, 0.1) is 0 Å². The van der Waals surface area contributed by atoms with E-state index in [0.29, 0.717) is 11.7 Å². The minimum Gasteiger partial charge on any atom is -0.399 e. The zero-order chi connectivity index (χ0) is 16.3.